The van der Waals surface area contributed by atoms with Crippen molar-refractivity contribution < 1.29 is 57.9 Å². The van der Waals surface area contributed by atoms with Crippen LogP contribution in [0.5, 0.6) is 0 Å². The monoisotopic (exact) mass is 1740 g/mol. The fourth-order valence-electron chi connectivity index (χ4n) is 12.1. The van der Waals surface area contributed by atoms with E-state index >= 15 is 0 Å². The number of benzene rings is 6. The number of carbonyl (C=O) groups excluding carboxylic acids is 2. The van der Waals surface area contributed by atoms with Crippen LogP contribution in [0.2, 0.25) is 30.1 Å². The van der Waals surface area contributed by atoms with Crippen molar-refractivity contribution >= 4 is 195 Å². The summed E-state index contributed by atoms with van der Waals surface area (Å²) in [6.07, 6.45) is 17.6. The Hall–Kier alpha value is -10.3. The first-order valence-corrected chi connectivity index (χ1v) is 41.1. The van der Waals surface area contributed by atoms with E-state index in [1.165, 1.54) is 73.6 Å². The van der Waals surface area contributed by atoms with Crippen molar-refractivity contribution in [1.29, 1.82) is 0 Å². The largest absolute Gasteiger partial charge is 0.478 e. The number of aromatic amines is 3. The Bertz CT molecular complexity index is 6400. The van der Waals surface area contributed by atoms with Gasteiger partial charge in [0.25, 0.3) is 11.8 Å². The lowest BCUT2D eigenvalue weighted by Crippen LogP contribution is -2.23. The summed E-state index contributed by atoms with van der Waals surface area (Å²) < 4.78 is 116. The molecule has 0 fully saturated rings. The molecule has 8 N–H and O–H groups in total. The number of H-pyrrole nitrogens is 3. The second kappa shape index (κ2) is 36.0. The average Bonchev–Trinajstić information content (AvgIpc) is 1.32. The highest BCUT2D eigenvalue weighted by Crippen LogP contribution is 2.33. The van der Waals surface area contributed by atoms with Gasteiger partial charge in [-0.3, -0.25) is 39.5 Å². The van der Waals surface area contributed by atoms with Gasteiger partial charge in [0.2, 0.25) is 0 Å². The van der Waals surface area contributed by atoms with Crippen molar-refractivity contribution in [1.82, 2.24) is 55.5 Å². The van der Waals surface area contributed by atoms with E-state index in [1.807, 2.05) is 0 Å². The lowest BCUT2D eigenvalue weighted by molar-refractivity contribution is 0.0695. The molecule has 0 unspecified atom stereocenters. The molecule has 0 aliphatic carbocycles. The molecule has 0 radical (unpaired) electrons. The number of nitrogens with one attached hydrogen (secondary N) is 5. The van der Waals surface area contributed by atoms with Gasteiger partial charge >= 0.3 is 5.97 Å². The SMILES string of the molecule is C.CS(=O)(=O)c1cc(Cc2cc(C(=O)NCc3cc4c(Cl)c[nH]c4cc3F)ccn2)cc2cc(Cl)cnc12.CS(=O)(=O)c1cc(Cc2cc(C(=O)NCc3cc4c(Cl)c[nH]c4cc3F)ccn2)cc2cc(Cl)cnc12.CS(=O)(=O)c1cc(Cc2cc(C(=O)O)ccn2)cc2cc(Cl)cnc12.Cl.NCc1cc2c(Cl)c[nH]c2cc1F. The third-order valence-corrected chi connectivity index (χ3v) is 22.3. The van der Waals surface area contributed by atoms with Crippen molar-refractivity contribution in [2.24, 2.45) is 5.73 Å². The zero-order valence-electron chi connectivity index (χ0n) is 59.0. The molecule has 0 atom stereocenters. The van der Waals surface area contributed by atoms with Crippen LogP contribution in [0.15, 0.2) is 198 Å². The number of amides is 2. The highest BCUT2D eigenvalue weighted by molar-refractivity contribution is 7.91. The number of fused-ring (bicyclic) bond motifs is 6. The third-order valence-electron chi connectivity index (χ3n) is 17.4. The van der Waals surface area contributed by atoms with Crippen molar-refractivity contribution in [2.75, 3.05) is 18.8 Å². The number of aromatic carboxylic acids is 1. The minimum Gasteiger partial charge on any atom is -0.478 e. The number of pyridine rings is 6. The zero-order valence-corrected chi connectivity index (χ0v) is 66.8. The molecule has 35 heteroatoms. The van der Waals surface area contributed by atoms with E-state index in [0.29, 0.717) is 152 Å². The van der Waals surface area contributed by atoms with Crippen LogP contribution in [0.25, 0.3) is 65.4 Å². The van der Waals surface area contributed by atoms with Crippen LogP contribution in [0.4, 0.5) is 13.2 Å². The number of sulfone groups is 3. The molecule has 0 saturated carbocycles. The van der Waals surface area contributed by atoms with E-state index in [0.717, 1.165) is 24.2 Å². The Morgan fingerprint density at radius 1 is 0.430 bits per heavy atom. The molecule has 0 aliphatic rings. The maximum Gasteiger partial charge on any atom is 0.335 e. The predicted octanol–water partition coefficient (Wildman–Crippen LogP) is 17.4. The first kappa shape index (κ1) is 86.1. The molecule has 15 aromatic rings. The minimum atomic E-state index is -3.56. The Morgan fingerprint density at radius 2 is 0.728 bits per heavy atom. The Balaban J connectivity index is 0.000000169. The molecule has 114 heavy (non-hydrogen) atoms. The first-order chi connectivity index (χ1) is 53.1. The van der Waals surface area contributed by atoms with Gasteiger partial charge in [-0.1, -0.05) is 77.0 Å². The third kappa shape index (κ3) is 20.6. The first-order valence-electron chi connectivity index (χ1n) is 33.2. The van der Waals surface area contributed by atoms with Gasteiger partial charge in [0.15, 0.2) is 29.5 Å². The van der Waals surface area contributed by atoms with Crippen molar-refractivity contribution in [3.05, 3.63) is 298 Å². The summed E-state index contributed by atoms with van der Waals surface area (Å²) in [5.74, 6) is -3.09. The van der Waals surface area contributed by atoms with E-state index in [-0.39, 0.29) is 84.8 Å². The van der Waals surface area contributed by atoms with Crippen molar-refractivity contribution in [2.45, 2.75) is 61.0 Å². The molecule has 588 valence electrons. The lowest BCUT2D eigenvalue weighted by Gasteiger charge is -2.10. The molecule has 9 aromatic heterocycles. The Labute approximate surface area is 686 Å². The number of hydrogen-bond donors (Lipinski definition) is 7. The maximum atomic E-state index is 14.5. The van der Waals surface area contributed by atoms with Gasteiger partial charge < -0.3 is 36.4 Å². The minimum absolute atomic E-state index is 0. The number of carboxylic acids is 1. The van der Waals surface area contributed by atoms with Gasteiger partial charge in [0.1, 0.15) is 17.5 Å². The predicted molar refractivity (Wildman–Crippen MR) is 442 cm³/mol. The number of hydrogen-bond acceptors (Lipinski definition) is 16. The number of carbonyl (C=O) groups is 3. The summed E-state index contributed by atoms with van der Waals surface area (Å²) in [6.45, 7) is 0.120. The fourth-order valence-corrected chi connectivity index (χ4v) is 15.9. The highest BCUT2D eigenvalue weighted by atomic mass is 35.5. The summed E-state index contributed by atoms with van der Waals surface area (Å²) in [5.41, 5.74) is 13.7. The van der Waals surface area contributed by atoms with Gasteiger partial charge in [0, 0.05) is 207 Å². The van der Waals surface area contributed by atoms with E-state index in [4.69, 9.17) is 80.4 Å². The summed E-state index contributed by atoms with van der Waals surface area (Å²) >= 11 is 36.2. The molecular formula is C79H64Cl7F3N12O10S3. The summed E-state index contributed by atoms with van der Waals surface area (Å²) in [4.78, 5) is 70.9. The Morgan fingerprint density at radius 3 is 1.04 bits per heavy atom. The van der Waals surface area contributed by atoms with E-state index in [1.54, 1.807) is 110 Å². The highest BCUT2D eigenvalue weighted by Gasteiger charge is 2.22. The molecule has 6 aromatic carbocycles. The quantitative estimate of drug-likeness (QED) is 0.0445. The van der Waals surface area contributed by atoms with E-state index in [9.17, 15) is 52.8 Å². The molecule has 22 nitrogen and oxygen atoms in total. The zero-order chi connectivity index (χ0) is 80.3. The lowest BCUT2D eigenvalue weighted by atomic mass is 10.0. The number of rotatable bonds is 17. The molecular weight excluding hydrogens is 1680 g/mol. The van der Waals surface area contributed by atoms with Crippen LogP contribution >= 0.6 is 82.0 Å². The van der Waals surface area contributed by atoms with Gasteiger partial charge in [-0.2, -0.15) is 0 Å². The number of nitrogens with zero attached hydrogens (tertiary/aromatic N) is 6. The second-order valence-corrected chi connectivity index (χ2v) is 34.1. The van der Waals surface area contributed by atoms with E-state index in [2.05, 4.69) is 55.5 Å². The summed E-state index contributed by atoms with van der Waals surface area (Å²) in [5, 5.41) is 21.1. The van der Waals surface area contributed by atoms with Gasteiger partial charge in [-0.15, -0.1) is 12.4 Å². The van der Waals surface area contributed by atoms with Crippen LogP contribution < -0.4 is 16.4 Å². The standard InChI is InChI=1S/2C26H19Cl2FN4O3S.C17H13ClN2O4S.C9H8ClFN2.CH4.ClH/c2*1-37(35,36)24-6-14(4-16-7-18(27)12-32-25(16)24)5-19-8-15(2-3-30-19)26(34)33-11-17-9-20-21(28)13-31-23(20)10-22(17)29;1-25(23,24)15-6-10(4-12-7-13(18)9-20-16(12)15)5-14-8-11(17(21)22)2-3-19-14;10-7-4-13-9-2-8(11)5(3-12)1-6(7)9;;/h2*2-4,6-10,12-13,31H,5,11H2,1H3,(H,33,34);2-4,6-9H,5H2,1H3,(H,21,22);1-2,4,13H,3,12H2;1H4;1H. The molecule has 0 bridgehead atoms. The molecule has 0 saturated heterocycles. The normalized spacial score (nSPS) is 11.4. The van der Waals surface area contributed by atoms with Crippen LogP contribution in [-0.2, 0) is 68.4 Å². The Kier molecular flexibility index (Phi) is 27.2. The summed E-state index contributed by atoms with van der Waals surface area (Å²) in [7, 11) is -10.6. The van der Waals surface area contributed by atoms with Gasteiger partial charge in [-0.05, 0) is 144 Å². The molecule has 15 rings (SSSR count). The van der Waals surface area contributed by atoms with Crippen LogP contribution in [0.3, 0.4) is 0 Å². The second-order valence-electron chi connectivity index (χ2n) is 25.7. The van der Waals surface area contributed by atoms with Gasteiger partial charge in [-0.25, -0.2) is 43.2 Å². The maximum absolute atomic E-state index is 14.5. The number of carboxylic acid groups (broad SMARTS) is 1. The average molecular weight is 1740 g/mol. The topological polar surface area (TPSA) is 349 Å². The molecule has 2 amide bonds. The molecule has 9 heterocycles. The number of nitrogens with two attached hydrogens (primary N) is 1. The van der Waals surface area contributed by atoms with Crippen LogP contribution in [0, 0.1) is 17.5 Å². The number of halogens is 10. The number of aromatic nitrogens is 9. The van der Waals surface area contributed by atoms with E-state index < -0.39 is 58.9 Å². The van der Waals surface area contributed by atoms with Crippen molar-refractivity contribution in [3.63, 3.8) is 0 Å². The van der Waals surface area contributed by atoms with Crippen LogP contribution in [-0.4, -0.2) is 112 Å². The van der Waals surface area contributed by atoms with Crippen molar-refractivity contribution in [3.8, 4) is 0 Å². The smallest absolute Gasteiger partial charge is 0.335 e. The van der Waals surface area contributed by atoms with Gasteiger partial charge in [0.05, 0.1) is 66.9 Å². The fraction of sp³-hybridized carbons (Fsp3) is 0.127. The molecule has 0 aliphatic heterocycles. The summed E-state index contributed by atoms with van der Waals surface area (Å²) in [6, 6.07) is 33.1. The van der Waals surface area contributed by atoms with Crippen LogP contribution in [0.1, 0.15) is 89.0 Å². The molecule has 0 spiro atoms.